The van der Waals surface area contributed by atoms with Crippen molar-refractivity contribution in [2.24, 2.45) is 5.92 Å². The number of carbonyl (C=O) groups excluding carboxylic acids is 2. The average Bonchev–Trinajstić information content (AvgIpc) is 3.19. The lowest BCUT2D eigenvalue weighted by Crippen LogP contribution is -2.36. The van der Waals surface area contributed by atoms with Crippen molar-refractivity contribution in [1.29, 1.82) is 0 Å². The van der Waals surface area contributed by atoms with Gasteiger partial charge in [0.15, 0.2) is 0 Å². The summed E-state index contributed by atoms with van der Waals surface area (Å²) >= 11 is 0. The Morgan fingerprint density at radius 1 is 1.29 bits per heavy atom. The van der Waals surface area contributed by atoms with Crippen LogP contribution >= 0.6 is 0 Å². The standard InChI is InChI=1S/C15H22N4O2/c1-11-8-13(17-16-11)9-14(20)19-7-4-12(10-19)15(21)18-5-2-3-6-18/h8,12H,2-7,9-10H2,1H3,(H,16,17). The van der Waals surface area contributed by atoms with Crippen LogP contribution in [-0.4, -0.2) is 58.0 Å². The van der Waals surface area contributed by atoms with Crippen molar-refractivity contribution in [1.82, 2.24) is 20.0 Å². The monoisotopic (exact) mass is 290 g/mol. The summed E-state index contributed by atoms with van der Waals surface area (Å²) in [5.41, 5.74) is 1.73. The number of hydrogen-bond donors (Lipinski definition) is 1. The van der Waals surface area contributed by atoms with Gasteiger partial charge in [-0.3, -0.25) is 14.7 Å². The van der Waals surface area contributed by atoms with Crippen molar-refractivity contribution in [3.05, 3.63) is 17.5 Å². The number of aromatic amines is 1. The Kier molecular flexibility index (Phi) is 3.94. The lowest BCUT2D eigenvalue weighted by atomic mass is 10.1. The van der Waals surface area contributed by atoms with Gasteiger partial charge in [0.2, 0.25) is 11.8 Å². The Labute approximate surface area is 124 Å². The van der Waals surface area contributed by atoms with E-state index in [1.807, 2.05) is 22.8 Å². The molecule has 1 aromatic heterocycles. The number of hydrogen-bond acceptors (Lipinski definition) is 3. The van der Waals surface area contributed by atoms with Crippen molar-refractivity contribution in [2.75, 3.05) is 26.2 Å². The second kappa shape index (κ2) is 5.87. The summed E-state index contributed by atoms with van der Waals surface area (Å²) < 4.78 is 0. The lowest BCUT2D eigenvalue weighted by molar-refractivity contribution is -0.134. The number of rotatable bonds is 3. The van der Waals surface area contributed by atoms with E-state index < -0.39 is 0 Å². The number of likely N-dealkylation sites (tertiary alicyclic amines) is 2. The summed E-state index contributed by atoms with van der Waals surface area (Å²) in [6.45, 7) is 4.94. The van der Waals surface area contributed by atoms with Gasteiger partial charge in [0.1, 0.15) is 0 Å². The van der Waals surface area contributed by atoms with Crippen LogP contribution in [-0.2, 0) is 16.0 Å². The van der Waals surface area contributed by atoms with Gasteiger partial charge >= 0.3 is 0 Å². The molecule has 6 nitrogen and oxygen atoms in total. The summed E-state index contributed by atoms with van der Waals surface area (Å²) in [4.78, 5) is 28.4. The third-order valence-electron chi connectivity index (χ3n) is 4.40. The second-order valence-corrected chi connectivity index (χ2v) is 6.08. The molecule has 1 unspecified atom stereocenters. The predicted molar refractivity (Wildman–Crippen MR) is 77.5 cm³/mol. The summed E-state index contributed by atoms with van der Waals surface area (Å²) in [7, 11) is 0. The van der Waals surface area contributed by atoms with Gasteiger partial charge in [0.25, 0.3) is 0 Å². The fourth-order valence-corrected chi connectivity index (χ4v) is 3.22. The van der Waals surface area contributed by atoms with Crippen LogP contribution in [0.3, 0.4) is 0 Å². The molecule has 2 amide bonds. The SMILES string of the molecule is Cc1cc(CC(=O)N2CCC(C(=O)N3CCCC3)C2)n[nH]1. The van der Waals surface area contributed by atoms with E-state index in [4.69, 9.17) is 0 Å². The molecule has 1 aromatic rings. The molecule has 0 aliphatic carbocycles. The number of aromatic nitrogens is 2. The molecule has 3 rings (SSSR count). The maximum atomic E-state index is 12.3. The zero-order valence-corrected chi connectivity index (χ0v) is 12.5. The molecule has 2 aliphatic heterocycles. The van der Waals surface area contributed by atoms with Gasteiger partial charge in [-0.05, 0) is 32.3 Å². The first kappa shape index (κ1) is 14.1. The number of amides is 2. The van der Waals surface area contributed by atoms with E-state index in [-0.39, 0.29) is 17.7 Å². The zero-order chi connectivity index (χ0) is 14.8. The molecule has 114 valence electrons. The third kappa shape index (κ3) is 3.09. The van der Waals surface area contributed by atoms with E-state index in [0.717, 1.165) is 43.7 Å². The minimum absolute atomic E-state index is 0.00651. The molecular weight excluding hydrogens is 268 g/mol. The van der Waals surface area contributed by atoms with Crippen LogP contribution in [0, 0.1) is 12.8 Å². The third-order valence-corrected chi connectivity index (χ3v) is 4.40. The molecule has 1 N–H and O–H groups in total. The highest BCUT2D eigenvalue weighted by atomic mass is 16.2. The number of carbonyl (C=O) groups is 2. The summed E-state index contributed by atoms with van der Waals surface area (Å²) in [6.07, 6.45) is 3.33. The van der Waals surface area contributed by atoms with Crippen LogP contribution < -0.4 is 0 Å². The lowest BCUT2D eigenvalue weighted by Gasteiger charge is -2.20. The second-order valence-electron chi connectivity index (χ2n) is 6.08. The molecule has 0 saturated carbocycles. The Balaban J connectivity index is 1.53. The molecular formula is C15H22N4O2. The number of aryl methyl sites for hydroxylation is 1. The minimum atomic E-state index is -0.00651. The van der Waals surface area contributed by atoms with Crippen LogP contribution in [0.15, 0.2) is 6.07 Å². The normalized spacial score (nSPS) is 22.0. The highest BCUT2D eigenvalue weighted by Gasteiger charge is 2.34. The van der Waals surface area contributed by atoms with E-state index in [9.17, 15) is 9.59 Å². The van der Waals surface area contributed by atoms with Crippen LogP contribution in [0.4, 0.5) is 0 Å². The zero-order valence-electron chi connectivity index (χ0n) is 12.5. The first-order chi connectivity index (χ1) is 10.1. The maximum absolute atomic E-state index is 12.3. The summed E-state index contributed by atoms with van der Waals surface area (Å²) in [6, 6.07) is 1.89. The van der Waals surface area contributed by atoms with Gasteiger partial charge in [-0.25, -0.2) is 0 Å². The fourth-order valence-electron chi connectivity index (χ4n) is 3.22. The van der Waals surface area contributed by atoms with Crippen LogP contribution in [0.5, 0.6) is 0 Å². The van der Waals surface area contributed by atoms with Gasteiger partial charge in [0, 0.05) is 31.9 Å². The first-order valence-electron chi connectivity index (χ1n) is 7.71. The van der Waals surface area contributed by atoms with Gasteiger partial charge in [-0.15, -0.1) is 0 Å². The van der Waals surface area contributed by atoms with Crippen LogP contribution in [0.25, 0.3) is 0 Å². The molecule has 21 heavy (non-hydrogen) atoms. The molecule has 0 spiro atoms. The molecule has 2 aliphatic rings. The van der Waals surface area contributed by atoms with Crippen LogP contribution in [0.2, 0.25) is 0 Å². The Hall–Kier alpha value is -1.85. The molecule has 3 heterocycles. The summed E-state index contributed by atoms with van der Waals surface area (Å²) in [5.74, 6) is 0.296. The van der Waals surface area contributed by atoms with E-state index in [1.165, 1.54) is 0 Å². The molecule has 0 radical (unpaired) electrons. The molecule has 1 atom stereocenters. The van der Waals surface area contributed by atoms with Crippen molar-refractivity contribution in [3.63, 3.8) is 0 Å². The Bertz CT molecular complexity index is 534. The van der Waals surface area contributed by atoms with E-state index >= 15 is 0 Å². The molecule has 2 saturated heterocycles. The summed E-state index contributed by atoms with van der Waals surface area (Å²) in [5, 5.41) is 6.94. The highest BCUT2D eigenvalue weighted by Crippen LogP contribution is 2.21. The quantitative estimate of drug-likeness (QED) is 0.892. The van der Waals surface area contributed by atoms with Gasteiger partial charge in [-0.1, -0.05) is 0 Å². The van der Waals surface area contributed by atoms with E-state index in [1.54, 1.807) is 0 Å². The molecule has 2 fully saturated rings. The Morgan fingerprint density at radius 2 is 2.05 bits per heavy atom. The largest absolute Gasteiger partial charge is 0.342 e. The van der Waals surface area contributed by atoms with E-state index in [0.29, 0.717) is 19.5 Å². The number of nitrogens with one attached hydrogen (secondary N) is 1. The van der Waals surface area contributed by atoms with Crippen LogP contribution in [0.1, 0.15) is 30.7 Å². The van der Waals surface area contributed by atoms with Gasteiger partial charge < -0.3 is 9.80 Å². The van der Waals surface area contributed by atoms with E-state index in [2.05, 4.69) is 10.2 Å². The predicted octanol–water partition coefficient (Wildman–Crippen LogP) is 0.732. The van der Waals surface area contributed by atoms with Crippen molar-refractivity contribution >= 4 is 11.8 Å². The smallest absolute Gasteiger partial charge is 0.228 e. The molecule has 0 aromatic carbocycles. The molecule has 0 bridgehead atoms. The number of H-pyrrole nitrogens is 1. The van der Waals surface area contributed by atoms with Crippen molar-refractivity contribution in [2.45, 2.75) is 32.6 Å². The van der Waals surface area contributed by atoms with Crippen molar-refractivity contribution < 1.29 is 9.59 Å². The highest BCUT2D eigenvalue weighted by molar-refractivity contribution is 5.83. The van der Waals surface area contributed by atoms with Gasteiger partial charge in [0.05, 0.1) is 18.0 Å². The first-order valence-corrected chi connectivity index (χ1v) is 7.71. The number of nitrogens with zero attached hydrogens (tertiary/aromatic N) is 3. The Morgan fingerprint density at radius 3 is 2.71 bits per heavy atom. The fraction of sp³-hybridized carbons (Fsp3) is 0.667. The molecule has 6 heteroatoms. The van der Waals surface area contributed by atoms with Gasteiger partial charge in [-0.2, -0.15) is 5.10 Å². The topological polar surface area (TPSA) is 69.3 Å². The van der Waals surface area contributed by atoms with Crippen molar-refractivity contribution in [3.8, 4) is 0 Å². The maximum Gasteiger partial charge on any atom is 0.228 e. The average molecular weight is 290 g/mol. The minimum Gasteiger partial charge on any atom is -0.342 e.